The summed E-state index contributed by atoms with van der Waals surface area (Å²) in [5, 5.41) is 13.7. The van der Waals surface area contributed by atoms with Crippen LogP contribution < -0.4 is 10.9 Å². The molecule has 1 aromatic carbocycles. The third-order valence-electron chi connectivity index (χ3n) is 4.44. The summed E-state index contributed by atoms with van der Waals surface area (Å²) in [7, 11) is 1.60. The van der Waals surface area contributed by atoms with Crippen molar-refractivity contribution in [2.75, 3.05) is 6.54 Å². The number of benzene rings is 1. The Hall–Kier alpha value is -2.40. The quantitative estimate of drug-likeness (QED) is 0.898. The Labute approximate surface area is 134 Å². The number of amides is 1. The molecule has 1 amide bonds. The number of hydrogen-bond acceptors (Lipinski definition) is 3. The van der Waals surface area contributed by atoms with Crippen molar-refractivity contribution in [1.29, 1.82) is 0 Å². The van der Waals surface area contributed by atoms with E-state index in [-0.39, 0.29) is 18.0 Å². The van der Waals surface area contributed by atoms with Crippen LogP contribution in [0.25, 0.3) is 0 Å². The lowest BCUT2D eigenvalue weighted by Crippen LogP contribution is -2.43. The number of nitrogens with zero attached hydrogens (tertiary/aromatic N) is 1. The minimum atomic E-state index is -1.04. The number of carbonyl (C=O) groups is 1. The maximum atomic E-state index is 12.3. The molecule has 1 aliphatic carbocycles. The molecule has 2 aromatic rings. The Kier molecular flexibility index (Phi) is 4.05. The zero-order valence-corrected chi connectivity index (χ0v) is 13.1. The predicted octanol–water partition coefficient (Wildman–Crippen LogP) is 1.34. The van der Waals surface area contributed by atoms with Crippen LogP contribution in [0.15, 0.2) is 47.4 Å². The lowest BCUT2D eigenvalue weighted by Gasteiger charge is -2.34. The minimum Gasteiger partial charge on any atom is -0.383 e. The molecule has 5 heteroatoms. The van der Waals surface area contributed by atoms with E-state index in [9.17, 15) is 14.7 Å². The van der Waals surface area contributed by atoms with Crippen LogP contribution in [0.1, 0.15) is 34.3 Å². The van der Waals surface area contributed by atoms with Crippen molar-refractivity contribution in [3.8, 4) is 0 Å². The molecule has 3 rings (SSSR count). The highest BCUT2D eigenvalue weighted by Gasteiger charge is 2.34. The number of rotatable bonds is 3. The monoisotopic (exact) mass is 312 g/mol. The van der Waals surface area contributed by atoms with Crippen LogP contribution in [0.5, 0.6) is 0 Å². The first-order chi connectivity index (χ1) is 11.0. The number of hydrogen-bond donors (Lipinski definition) is 2. The smallest absolute Gasteiger partial charge is 0.252 e. The van der Waals surface area contributed by atoms with Gasteiger partial charge in [0.1, 0.15) is 5.60 Å². The minimum absolute atomic E-state index is 0.158. The molecule has 1 unspecified atom stereocenters. The molecule has 2 N–H and O–H groups in total. The second-order valence-electron chi connectivity index (χ2n) is 6.09. The van der Waals surface area contributed by atoms with Crippen molar-refractivity contribution in [2.45, 2.75) is 24.9 Å². The summed E-state index contributed by atoms with van der Waals surface area (Å²) in [5.74, 6) is -0.294. The molecule has 0 fully saturated rings. The zero-order valence-electron chi connectivity index (χ0n) is 13.1. The van der Waals surface area contributed by atoms with E-state index in [1.807, 2.05) is 24.3 Å². The van der Waals surface area contributed by atoms with Gasteiger partial charge in [-0.3, -0.25) is 9.59 Å². The highest BCUT2D eigenvalue weighted by Crippen LogP contribution is 2.34. The van der Waals surface area contributed by atoms with E-state index in [1.165, 1.54) is 22.9 Å². The van der Waals surface area contributed by atoms with Gasteiger partial charge >= 0.3 is 0 Å². The predicted molar refractivity (Wildman–Crippen MR) is 87.3 cm³/mol. The standard InChI is InChI=1S/C18H20N2O3/c1-20-11-14(8-9-16(20)21)17(22)19-12-18(23)10-4-6-13-5-2-3-7-15(13)18/h2-3,5,7-9,11,23H,4,6,10,12H2,1H3,(H,19,22). The number of pyridine rings is 1. The summed E-state index contributed by atoms with van der Waals surface area (Å²) in [4.78, 5) is 23.6. The van der Waals surface area contributed by atoms with Crippen LogP contribution in [0, 0.1) is 0 Å². The first kappa shape index (κ1) is 15.5. The van der Waals surface area contributed by atoms with Gasteiger partial charge in [-0.15, -0.1) is 0 Å². The van der Waals surface area contributed by atoms with Gasteiger partial charge in [-0.05, 0) is 36.5 Å². The SMILES string of the molecule is Cn1cc(C(=O)NCC2(O)CCCc3ccccc32)ccc1=O. The first-order valence-electron chi connectivity index (χ1n) is 7.75. The van der Waals surface area contributed by atoms with E-state index in [4.69, 9.17) is 0 Å². The lowest BCUT2D eigenvalue weighted by atomic mass is 9.79. The van der Waals surface area contributed by atoms with E-state index in [0.29, 0.717) is 12.0 Å². The van der Waals surface area contributed by atoms with Gasteiger partial charge in [-0.2, -0.15) is 0 Å². The van der Waals surface area contributed by atoms with Gasteiger partial charge in [0.05, 0.1) is 12.1 Å². The number of aliphatic hydroxyl groups is 1. The molecule has 1 aromatic heterocycles. The molecule has 1 atom stereocenters. The van der Waals surface area contributed by atoms with E-state index in [1.54, 1.807) is 7.05 Å². The fourth-order valence-corrected chi connectivity index (χ4v) is 3.14. The van der Waals surface area contributed by atoms with Gasteiger partial charge in [-0.1, -0.05) is 24.3 Å². The Balaban J connectivity index is 1.76. The van der Waals surface area contributed by atoms with Crippen LogP contribution in [0.2, 0.25) is 0 Å². The molecular formula is C18H20N2O3. The Morgan fingerprint density at radius 1 is 1.30 bits per heavy atom. The topological polar surface area (TPSA) is 71.3 Å². The highest BCUT2D eigenvalue weighted by molar-refractivity contribution is 5.93. The van der Waals surface area contributed by atoms with Gasteiger partial charge in [0.2, 0.25) is 5.56 Å². The average molecular weight is 312 g/mol. The van der Waals surface area contributed by atoms with Gasteiger partial charge in [0.15, 0.2) is 0 Å². The van der Waals surface area contributed by atoms with Crippen LogP contribution in [0.4, 0.5) is 0 Å². The van der Waals surface area contributed by atoms with E-state index in [2.05, 4.69) is 5.32 Å². The molecule has 1 aliphatic rings. The summed E-state index contributed by atoms with van der Waals surface area (Å²) in [6.45, 7) is 0.158. The molecule has 23 heavy (non-hydrogen) atoms. The Bertz CT molecular complexity index is 797. The molecule has 0 aliphatic heterocycles. The van der Waals surface area contributed by atoms with Crippen molar-refractivity contribution in [3.63, 3.8) is 0 Å². The van der Waals surface area contributed by atoms with Crippen LogP contribution in [0.3, 0.4) is 0 Å². The van der Waals surface area contributed by atoms with Crippen molar-refractivity contribution in [3.05, 3.63) is 69.6 Å². The van der Waals surface area contributed by atoms with E-state index >= 15 is 0 Å². The fraction of sp³-hybridized carbons (Fsp3) is 0.333. The molecule has 5 nitrogen and oxygen atoms in total. The maximum absolute atomic E-state index is 12.3. The average Bonchev–Trinajstić information content (AvgIpc) is 2.56. The molecule has 120 valence electrons. The zero-order chi connectivity index (χ0) is 16.4. The van der Waals surface area contributed by atoms with Gasteiger partial charge < -0.3 is 15.0 Å². The van der Waals surface area contributed by atoms with Gasteiger partial charge in [0.25, 0.3) is 5.91 Å². The third kappa shape index (κ3) is 3.05. The molecule has 0 radical (unpaired) electrons. The second kappa shape index (κ2) is 6.01. The number of aryl methyl sites for hydroxylation is 2. The van der Waals surface area contributed by atoms with Crippen molar-refractivity contribution in [1.82, 2.24) is 9.88 Å². The van der Waals surface area contributed by atoms with E-state index in [0.717, 1.165) is 24.0 Å². The maximum Gasteiger partial charge on any atom is 0.252 e. The van der Waals surface area contributed by atoms with Crippen LogP contribution in [-0.2, 0) is 19.1 Å². The lowest BCUT2D eigenvalue weighted by molar-refractivity contribution is 0.0189. The number of fused-ring (bicyclic) bond motifs is 1. The Morgan fingerprint density at radius 2 is 2.09 bits per heavy atom. The molecular weight excluding hydrogens is 292 g/mol. The summed E-state index contributed by atoms with van der Waals surface area (Å²) >= 11 is 0. The molecule has 0 saturated carbocycles. The number of aromatic nitrogens is 1. The number of carbonyl (C=O) groups excluding carboxylic acids is 1. The van der Waals surface area contributed by atoms with E-state index < -0.39 is 5.60 Å². The van der Waals surface area contributed by atoms with Crippen LogP contribution in [-0.4, -0.2) is 22.1 Å². The fourth-order valence-electron chi connectivity index (χ4n) is 3.14. The summed E-state index contributed by atoms with van der Waals surface area (Å²) in [5.41, 5.74) is 1.23. The van der Waals surface area contributed by atoms with Crippen molar-refractivity contribution < 1.29 is 9.90 Å². The van der Waals surface area contributed by atoms with Gasteiger partial charge in [-0.25, -0.2) is 0 Å². The van der Waals surface area contributed by atoms with Crippen molar-refractivity contribution >= 4 is 5.91 Å². The van der Waals surface area contributed by atoms with Gasteiger partial charge in [0, 0.05) is 19.3 Å². The molecule has 1 heterocycles. The first-order valence-corrected chi connectivity index (χ1v) is 7.75. The van der Waals surface area contributed by atoms with Crippen molar-refractivity contribution in [2.24, 2.45) is 7.05 Å². The Morgan fingerprint density at radius 3 is 2.87 bits per heavy atom. The van der Waals surface area contributed by atoms with Crippen LogP contribution >= 0.6 is 0 Å². The summed E-state index contributed by atoms with van der Waals surface area (Å²) < 4.78 is 1.36. The molecule has 0 bridgehead atoms. The third-order valence-corrected chi connectivity index (χ3v) is 4.44. The number of nitrogens with one attached hydrogen (secondary N) is 1. The molecule has 0 saturated heterocycles. The molecule has 0 spiro atoms. The second-order valence-corrected chi connectivity index (χ2v) is 6.09. The normalized spacial score (nSPS) is 19.9. The highest BCUT2D eigenvalue weighted by atomic mass is 16.3. The summed E-state index contributed by atoms with van der Waals surface area (Å²) in [6, 6.07) is 10.7. The summed E-state index contributed by atoms with van der Waals surface area (Å²) in [6.07, 6.45) is 3.96. The largest absolute Gasteiger partial charge is 0.383 e.